The van der Waals surface area contributed by atoms with Crippen molar-refractivity contribution in [3.63, 3.8) is 0 Å². The fourth-order valence-electron chi connectivity index (χ4n) is 8.19. The second kappa shape index (κ2) is 15.7. The molecule has 16 heteroatoms. The number of imide groups is 2. The normalized spacial score (nSPS) is 19.7. The molecule has 4 aliphatic rings. The van der Waals surface area contributed by atoms with Gasteiger partial charge in [-0.3, -0.25) is 34.2 Å². The Morgan fingerprint density at radius 1 is 0.929 bits per heavy atom. The number of piperidine rings is 3. The van der Waals surface area contributed by atoms with E-state index >= 15 is 0 Å². The second-order valence-corrected chi connectivity index (χ2v) is 16.4. The third kappa shape index (κ3) is 7.75. The zero-order valence-electron chi connectivity index (χ0n) is 31.1. The molecule has 5 amide bonds. The fourth-order valence-corrected chi connectivity index (χ4v) is 9.18. The Balaban J connectivity index is 0.817. The highest BCUT2D eigenvalue weighted by Gasteiger charge is 2.45. The summed E-state index contributed by atoms with van der Waals surface area (Å²) in [6, 6.07) is 11.9. The highest BCUT2D eigenvalue weighted by Crippen LogP contribution is 2.35. The Labute approximate surface area is 333 Å². The van der Waals surface area contributed by atoms with E-state index in [-0.39, 0.29) is 30.6 Å². The van der Waals surface area contributed by atoms with Gasteiger partial charge in [-0.1, -0.05) is 41.1 Å². The maximum absolute atomic E-state index is 13.3. The molecule has 3 saturated heterocycles. The molecule has 14 nitrogen and oxygen atoms in total. The third-order valence-electron chi connectivity index (χ3n) is 11.2. The van der Waals surface area contributed by atoms with Crippen molar-refractivity contribution in [3.05, 3.63) is 86.6 Å². The van der Waals surface area contributed by atoms with Crippen molar-refractivity contribution in [2.75, 3.05) is 48.3 Å². The summed E-state index contributed by atoms with van der Waals surface area (Å²) in [4.78, 5) is 83.5. The van der Waals surface area contributed by atoms with Gasteiger partial charge in [0.05, 0.1) is 28.0 Å². The number of hydrogen-bond donors (Lipinski definition) is 3. The van der Waals surface area contributed by atoms with Crippen molar-refractivity contribution in [3.8, 4) is 0 Å². The Kier molecular flexibility index (Phi) is 10.6. The number of rotatable bonds is 9. The molecule has 1 atom stereocenters. The molecule has 0 aliphatic carbocycles. The smallest absolute Gasteiger partial charge is 0.267 e. The van der Waals surface area contributed by atoms with Crippen LogP contribution in [0.5, 0.6) is 0 Å². The Morgan fingerprint density at radius 2 is 1.70 bits per heavy atom. The first-order valence-corrected chi connectivity index (χ1v) is 20.2. The number of hydrogen-bond acceptors (Lipinski definition) is 12. The number of fused-ring (bicyclic) bond motifs is 1. The fraction of sp³-hybridized carbons (Fsp3) is 0.400. The van der Waals surface area contributed by atoms with E-state index in [9.17, 15) is 24.0 Å². The number of halogens is 1. The van der Waals surface area contributed by atoms with Crippen LogP contribution in [0.2, 0.25) is 5.02 Å². The molecule has 56 heavy (non-hydrogen) atoms. The molecule has 2 aromatic carbocycles. The number of carbonyl (C=O) groups excluding carboxylic acids is 5. The molecule has 290 valence electrons. The summed E-state index contributed by atoms with van der Waals surface area (Å²) >= 11 is 7.53. The predicted octanol–water partition coefficient (Wildman–Crippen LogP) is 5.70. The summed E-state index contributed by atoms with van der Waals surface area (Å²) in [5, 5.41) is 9.43. The highest BCUT2D eigenvalue weighted by atomic mass is 35.5. The lowest BCUT2D eigenvalue weighted by atomic mass is 9.87. The molecule has 3 N–H and O–H groups in total. The third-order valence-corrected chi connectivity index (χ3v) is 12.5. The van der Waals surface area contributed by atoms with Gasteiger partial charge in [0.2, 0.25) is 11.8 Å². The molecule has 1 unspecified atom stereocenters. The van der Waals surface area contributed by atoms with Gasteiger partial charge in [0.25, 0.3) is 17.7 Å². The molecule has 8 rings (SSSR count). The van der Waals surface area contributed by atoms with Crippen LogP contribution in [0, 0.1) is 19.8 Å². The maximum Gasteiger partial charge on any atom is 0.267 e. The zero-order valence-corrected chi connectivity index (χ0v) is 32.7. The standard InChI is InChI=1S/C40H42ClN9O5S/c1-22-4-3-5-29(41)35(22)47-37(53)31-20-42-40(56-31)45-32-19-33(44-23(2)43-32)49-16-10-24(11-17-49)21-48-14-12-25(13-15-48)26-6-7-27-28(18-26)39(55)50(38(27)54)30-8-9-34(51)46-36(30)52/h3-7,18-20,24-25,30H,8-17,21H2,1-2H3,(H,47,53)(H,46,51,52)(H,42,43,44,45). The van der Waals surface area contributed by atoms with Crippen LogP contribution in [0.25, 0.3) is 0 Å². The van der Waals surface area contributed by atoms with Crippen LogP contribution in [0.3, 0.4) is 0 Å². The molecule has 4 aromatic rings. The van der Waals surface area contributed by atoms with Gasteiger partial charge in [-0.25, -0.2) is 15.0 Å². The monoisotopic (exact) mass is 795 g/mol. The van der Waals surface area contributed by atoms with E-state index in [1.165, 1.54) is 17.5 Å². The maximum atomic E-state index is 13.3. The molecule has 0 bridgehead atoms. The molecule has 0 radical (unpaired) electrons. The number of nitrogens with one attached hydrogen (secondary N) is 3. The van der Waals surface area contributed by atoms with E-state index in [0.29, 0.717) is 49.4 Å². The van der Waals surface area contributed by atoms with Gasteiger partial charge < -0.3 is 20.4 Å². The van der Waals surface area contributed by atoms with Crippen molar-refractivity contribution in [1.82, 2.24) is 30.1 Å². The van der Waals surface area contributed by atoms with Crippen LogP contribution in [0.1, 0.15) is 91.8 Å². The summed E-state index contributed by atoms with van der Waals surface area (Å²) in [6.07, 6.45) is 5.79. The lowest BCUT2D eigenvalue weighted by Crippen LogP contribution is -2.54. The average molecular weight is 796 g/mol. The average Bonchev–Trinajstić information content (AvgIpc) is 3.75. The van der Waals surface area contributed by atoms with Crippen molar-refractivity contribution in [2.24, 2.45) is 5.92 Å². The van der Waals surface area contributed by atoms with Gasteiger partial charge in [-0.15, -0.1) is 0 Å². The van der Waals surface area contributed by atoms with Crippen molar-refractivity contribution in [1.29, 1.82) is 0 Å². The Bertz CT molecular complexity index is 2210. The molecule has 6 heterocycles. The Hall–Kier alpha value is -5.25. The lowest BCUT2D eigenvalue weighted by molar-refractivity contribution is -0.136. The summed E-state index contributed by atoms with van der Waals surface area (Å²) in [5.74, 6) is 0.759. The van der Waals surface area contributed by atoms with Gasteiger partial charge in [0.1, 0.15) is 28.4 Å². The number of anilines is 4. The van der Waals surface area contributed by atoms with Crippen LogP contribution in [-0.2, 0) is 9.59 Å². The summed E-state index contributed by atoms with van der Waals surface area (Å²) < 4.78 is 0. The summed E-state index contributed by atoms with van der Waals surface area (Å²) in [6.45, 7) is 8.48. The van der Waals surface area contributed by atoms with Crippen molar-refractivity contribution < 1.29 is 24.0 Å². The number of aromatic nitrogens is 3. The number of benzene rings is 2. The number of likely N-dealkylation sites (tertiary alicyclic amines) is 1. The van der Waals surface area contributed by atoms with Crippen LogP contribution >= 0.6 is 22.9 Å². The van der Waals surface area contributed by atoms with Crippen molar-refractivity contribution in [2.45, 2.75) is 64.3 Å². The minimum Gasteiger partial charge on any atom is -0.356 e. The molecule has 0 spiro atoms. The zero-order chi connectivity index (χ0) is 39.1. The predicted molar refractivity (Wildman–Crippen MR) is 213 cm³/mol. The topological polar surface area (TPSA) is 170 Å². The van der Waals surface area contributed by atoms with E-state index < -0.39 is 23.8 Å². The second-order valence-electron chi connectivity index (χ2n) is 15.0. The minimum atomic E-state index is -0.963. The van der Waals surface area contributed by atoms with Crippen LogP contribution in [0.15, 0.2) is 48.7 Å². The summed E-state index contributed by atoms with van der Waals surface area (Å²) in [5.41, 5.74) is 3.16. The van der Waals surface area contributed by atoms with Gasteiger partial charge in [0, 0.05) is 32.1 Å². The van der Waals surface area contributed by atoms with Crippen molar-refractivity contribution >= 4 is 74.9 Å². The SMILES string of the molecule is Cc1nc(Nc2ncc(C(=O)Nc3c(C)cccc3Cl)s2)cc(N2CCC(CN3CCC(c4ccc5c(c4)C(=O)N(C4CCC(=O)NC4=O)C5=O)CC3)CC2)n1. The first-order valence-electron chi connectivity index (χ1n) is 19.0. The van der Waals surface area contributed by atoms with Gasteiger partial charge in [-0.05, 0) is 100 Å². The van der Waals surface area contributed by atoms with E-state index in [4.69, 9.17) is 16.6 Å². The molecule has 3 fully saturated rings. The number of carbonyl (C=O) groups is 5. The highest BCUT2D eigenvalue weighted by molar-refractivity contribution is 7.17. The van der Waals surface area contributed by atoms with Crippen LogP contribution < -0.4 is 20.9 Å². The molecular weight excluding hydrogens is 754 g/mol. The minimum absolute atomic E-state index is 0.0971. The number of para-hydroxylation sites is 1. The van der Waals surface area contributed by atoms with E-state index in [0.717, 1.165) is 80.3 Å². The first-order chi connectivity index (χ1) is 27.0. The van der Waals surface area contributed by atoms with E-state index in [2.05, 4.69) is 35.7 Å². The van der Waals surface area contributed by atoms with E-state index in [1.54, 1.807) is 12.1 Å². The number of aryl methyl sites for hydroxylation is 2. The molecule has 0 saturated carbocycles. The lowest BCUT2D eigenvalue weighted by Gasteiger charge is -2.38. The molecule has 4 aliphatic heterocycles. The Morgan fingerprint density at radius 3 is 2.45 bits per heavy atom. The first kappa shape index (κ1) is 37.7. The van der Waals surface area contributed by atoms with Gasteiger partial charge >= 0.3 is 0 Å². The van der Waals surface area contributed by atoms with Crippen LogP contribution in [0.4, 0.5) is 22.5 Å². The quantitative estimate of drug-likeness (QED) is 0.178. The van der Waals surface area contributed by atoms with Crippen LogP contribution in [-0.4, -0.2) is 93.1 Å². The van der Waals surface area contributed by atoms with Gasteiger partial charge in [0.15, 0.2) is 5.13 Å². The molecule has 2 aromatic heterocycles. The number of amides is 5. The number of nitrogens with zero attached hydrogens (tertiary/aromatic N) is 6. The molecular formula is C40H42ClN9O5S. The summed E-state index contributed by atoms with van der Waals surface area (Å²) in [7, 11) is 0. The van der Waals surface area contributed by atoms with E-state index in [1.807, 2.05) is 44.2 Å². The number of thiazole rings is 1. The largest absolute Gasteiger partial charge is 0.356 e. The van der Waals surface area contributed by atoms with Gasteiger partial charge in [-0.2, -0.15) is 0 Å².